The topological polar surface area (TPSA) is 193 Å². The van der Waals surface area contributed by atoms with E-state index in [9.17, 15) is 28.8 Å². The van der Waals surface area contributed by atoms with Crippen LogP contribution in [-0.2, 0) is 77.5 Å². The first-order valence-corrected chi connectivity index (χ1v) is 22.9. The van der Waals surface area contributed by atoms with Crippen LogP contribution < -0.4 is 27.0 Å². The molecule has 0 bridgehead atoms. The lowest BCUT2D eigenvalue weighted by molar-refractivity contribution is -0.135. The zero-order valence-electron chi connectivity index (χ0n) is 37.1. The number of imidazole rings is 1. The number of hydrogen-bond donors (Lipinski definition) is 3. The van der Waals surface area contributed by atoms with Crippen LogP contribution in [0.4, 0.5) is 5.69 Å². The van der Waals surface area contributed by atoms with Crippen LogP contribution >= 0.6 is 0 Å². The SMILES string of the molecule is C[C@@H](OCc1ccc(CCCOCCCCOCCCc2ccc3c(c2)n(C)c(=O)n3C2CCC(=O)NC2=O)cc1)[C@H](CCC(N)=O)NC(=O)[C@@H]1Cc2cccc3c2N1C(=O)CCC3. The lowest BCUT2D eigenvalue weighted by Gasteiger charge is -2.29. The molecule has 3 aliphatic rings. The van der Waals surface area contributed by atoms with E-state index >= 15 is 0 Å². The number of imide groups is 1. The van der Waals surface area contributed by atoms with Crippen molar-refractivity contribution >= 4 is 46.3 Å². The highest BCUT2D eigenvalue weighted by molar-refractivity contribution is 6.05. The average Bonchev–Trinajstić information content (AvgIpc) is 3.73. The number of nitrogens with one attached hydrogen (secondary N) is 2. The Labute approximate surface area is 374 Å². The molecule has 15 nitrogen and oxygen atoms in total. The Kier molecular flexibility index (Phi) is 15.8. The number of piperidine rings is 1. The van der Waals surface area contributed by atoms with E-state index in [1.807, 2.05) is 55.5 Å². The summed E-state index contributed by atoms with van der Waals surface area (Å²) >= 11 is 0. The van der Waals surface area contributed by atoms with Gasteiger partial charge in [-0.15, -0.1) is 0 Å². The van der Waals surface area contributed by atoms with Crippen LogP contribution in [0.2, 0.25) is 0 Å². The maximum Gasteiger partial charge on any atom is 0.329 e. The highest BCUT2D eigenvalue weighted by Crippen LogP contribution is 2.39. The number of ether oxygens (including phenoxy) is 3. The summed E-state index contributed by atoms with van der Waals surface area (Å²) in [5.41, 5.74) is 13.0. The Balaban J connectivity index is 0.753. The molecule has 4 atom stereocenters. The molecular weight excluding hydrogens is 817 g/mol. The summed E-state index contributed by atoms with van der Waals surface area (Å²) in [6.45, 7) is 4.88. The van der Waals surface area contributed by atoms with Crippen molar-refractivity contribution in [1.29, 1.82) is 0 Å². The predicted octanol–water partition coefficient (Wildman–Crippen LogP) is 4.65. The van der Waals surface area contributed by atoms with Crippen molar-refractivity contribution in [3.8, 4) is 0 Å². The largest absolute Gasteiger partial charge is 0.381 e. The van der Waals surface area contributed by atoms with Crippen molar-refractivity contribution in [2.75, 3.05) is 31.3 Å². The summed E-state index contributed by atoms with van der Waals surface area (Å²) in [4.78, 5) is 77.5. The molecule has 1 fully saturated rings. The number of unbranched alkanes of at least 4 members (excludes halogenated alkanes) is 1. The first-order chi connectivity index (χ1) is 31.0. The summed E-state index contributed by atoms with van der Waals surface area (Å²) in [7, 11) is 1.70. The van der Waals surface area contributed by atoms with Crippen LogP contribution in [-0.4, -0.2) is 83.3 Å². The molecular formula is C49H62N6O9. The van der Waals surface area contributed by atoms with Crippen molar-refractivity contribution < 1.29 is 38.2 Å². The van der Waals surface area contributed by atoms with E-state index in [-0.39, 0.29) is 36.3 Å². The standard InChI is InChI=1S/C49H62N6O9/c1-32(38(20-23-43(50)56)51-48(60)42-30-37-13-5-11-36-12-6-14-45(58)55(42)46(36)37)64-31-35-17-15-33(16-18-35)9-7-27-62-25-3-4-26-63-28-8-10-34-19-21-39-41(29-34)53(2)49(61)54(39)40-22-24-44(57)52-47(40)59/h5,11,13,15-19,21,29,32,38,40,42H,3-4,6-10,12,14,20,22-28,30-31H2,1-2H3,(H2,50,56)(H,51,60)(H,52,57,59)/t32-,38+,40?,42+/m1/s1. The molecule has 7 rings (SSSR count). The second-order valence-corrected chi connectivity index (χ2v) is 17.4. The fraction of sp³-hybridized carbons (Fsp3) is 0.510. The van der Waals surface area contributed by atoms with Crippen LogP contribution in [0.1, 0.15) is 105 Å². The molecule has 4 N–H and O–H groups in total. The number of amides is 5. The molecule has 0 spiro atoms. The van der Waals surface area contributed by atoms with Gasteiger partial charge in [-0.3, -0.25) is 43.3 Å². The number of rotatable bonds is 23. The number of anilines is 1. The molecule has 15 heteroatoms. The molecule has 3 aromatic carbocycles. The third-order valence-electron chi connectivity index (χ3n) is 12.7. The van der Waals surface area contributed by atoms with Gasteiger partial charge in [-0.1, -0.05) is 48.5 Å². The first kappa shape index (κ1) is 46.4. The Hall–Kier alpha value is -5.64. The number of para-hydroxylation sites is 1. The number of aromatic nitrogens is 2. The van der Waals surface area contributed by atoms with Crippen LogP contribution in [0.25, 0.3) is 11.0 Å². The van der Waals surface area contributed by atoms with Gasteiger partial charge >= 0.3 is 5.69 Å². The van der Waals surface area contributed by atoms with Crippen LogP contribution in [0.15, 0.2) is 65.5 Å². The normalized spacial score (nSPS) is 18.2. The van der Waals surface area contributed by atoms with Gasteiger partial charge < -0.3 is 25.3 Å². The van der Waals surface area contributed by atoms with Gasteiger partial charge in [0.05, 0.1) is 35.5 Å². The molecule has 0 radical (unpaired) electrons. The van der Waals surface area contributed by atoms with E-state index < -0.39 is 36.0 Å². The molecule has 0 aliphatic carbocycles. The van der Waals surface area contributed by atoms with Gasteiger partial charge in [0.15, 0.2) is 0 Å². The number of primary amides is 1. The Morgan fingerprint density at radius 3 is 2.22 bits per heavy atom. The van der Waals surface area contributed by atoms with E-state index in [4.69, 9.17) is 19.9 Å². The third kappa shape index (κ3) is 11.4. The average molecular weight is 879 g/mol. The van der Waals surface area contributed by atoms with Gasteiger partial charge in [0, 0.05) is 59.2 Å². The van der Waals surface area contributed by atoms with Crippen LogP contribution in [0.5, 0.6) is 0 Å². The molecule has 3 aliphatic heterocycles. The number of aryl methyl sites for hydroxylation is 4. The van der Waals surface area contributed by atoms with E-state index in [0.717, 1.165) is 84.8 Å². The number of carbonyl (C=O) groups is 5. The summed E-state index contributed by atoms with van der Waals surface area (Å²) in [6.07, 6.45) is 8.25. The molecule has 342 valence electrons. The van der Waals surface area contributed by atoms with E-state index in [2.05, 4.69) is 22.8 Å². The van der Waals surface area contributed by atoms with E-state index in [1.165, 1.54) is 10.1 Å². The van der Waals surface area contributed by atoms with Gasteiger partial charge in [0.2, 0.25) is 29.5 Å². The number of carbonyl (C=O) groups excluding carboxylic acids is 5. The van der Waals surface area contributed by atoms with Gasteiger partial charge in [-0.05, 0) is 111 Å². The minimum Gasteiger partial charge on any atom is -0.381 e. The van der Waals surface area contributed by atoms with Gasteiger partial charge in [0.1, 0.15) is 12.1 Å². The van der Waals surface area contributed by atoms with Crippen molar-refractivity contribution in [1.82, 2.24) is 19.8 Å². The maximum atomic E-state index is 13.8. The quantitative estimate of drug-likeness (QED) is 0.0703. The Morgan fingerprint density at radius 1 is 0.828 bits per heavy atom. The number of fused-ring (bicyclic) bond motifs is 1. The Bertz CT molecular complexity index is 2370. The second-order valence-electron chi connectivity index (χ2n) is 17.4. The minimum absolute atomic E-state index is 0.0337. The number of nitrogens with two attached hydrogens (primary N) is 1. The predicted molar refractivity (Wildman–Crippen MR) is 242 cm³/mol. The molecule has 0 saturated carbocycles. The number of hydrogen-bond acceptors (Lipinski definition) is 9. The molecule has 1 aromatic heterocycles. The molecule has 64 heavy (non-hydrogen) atoms. The van der Waals surface area contributed by atoms with Crippen molar-refractivity contribution in [2.24, 2.45) is 12.8 Å². The van der Waals surface area contributed by atoms with Gasteiger partial charge in [-0.25, -0.2) is 4.79 Å². The fourth-order valence-corrected chi connectivity index (χ4v) is 9.15. The zero-order valence-corrected chi connectivity index (χ0v) is 37.1. The molecule has 4 aromatic rings. The maximum absolute atomic E-state index is 13.8. The van der Waals surface area contributed by atoms with E-state index in [0.29, 0.717) is 64.2 Å². The van der Waals surface area contributed by atoms with Crippen molar-refractivity contribution in [3.05, 3.63) is 99.0 Å². The van der Waals surface area contributed by atoms with Crippen molar-refractivity contribution in [3.63, 3.8) is 0 Å². The molecule has 4 heterocycles. The Morgan fingerprint density at radius 2 is 1.50 bits per heavy atom. The van der Waals surface area contributed by atoms with Gasteiger partial charge in [-0.2, -0.15) is 0 Å². The molecule has 5 amide bonds. The minimum atomic E-state index is -0.693. The summed E-state index contributed by atoms with van der Waals surface area (Å²) in [5.74, 6) is -1.48. The molecule has 1 unspecified atom stereocenters. The van der Waals surface area contributed by atoms with Crippen LogP contribution in [0.3, 0.4) is 0 Å². The lowest BCUT2D eigenvalue weighted by atomic mass is 10.0. The second kappa shape index (κ2) is 21.8. The summed E-state index contributed by atoms with van der Waals surface area (Å²) < 4.78 is 21.0. The van der Waals surface area contributed by atoms with Gasteiger partial charge in [0.25, 0.3) is 0 Å². The fourth-order valence-electron chi connectivity index (χ4n) is 9.15. The lowest BCUT2D eigenvalue weighted by Crippen LogP contribution is -2.53. The number of nitrogens with zero attached hydrogens (tertiary/aromatic N) is 3. The number of benzene rings is 3. The first-order valence-electron chi connectivity index (χ1n) is 22.9. The summed E-state index contributed by atoms with van der Waals surface area (Å²) in [6, 6.07) is 18.4. The third-order valence-corrected chi connectivity index (χ3v) is 12.7. The van der Waals surface area contributed by atoms with Crippen LogP contribution in [0, 0.1) is 0 Å². The monoisotopic (exact) mass is 878 g/mol. The smallest absolute Gasteiger partial charge is 0.329 e. The van der Waals surface area contributed by atoms with E-state index in [1.54, 1.807) is 16.5 Å². The van der Waals surface area contributed by atoms with Crippen molar-refractivity contribution in [2.45, 2.75) is 128 Å². The summed E-state index contributed by atoms with van der Waals surface area (Å²) in [5, 5.41) is 5.46. The molecule has 1 saturated heterocycles. The highest BCUT2D eigenvalue weighted by Gasteiger charge is 2.41. The highest BCUT2D eigenvalue weighted by atomic mass is 16.5. The zero-order chi connectivity index (χ0) is 45.2.